The van der Waals surface area contributed by atoms with Crippen LogP contribution in [-0.4, -0.2) is 11.4 Å². The Hall–Kier alpha value is -1.27. The summed E-state index contributed by atoms with van der Waals surface area (Å²) in [6, 6.07) is 7.36. The Morgan fingerprint density at radius 3 is 2.50 bits per heavy atom. The number of rotatable bonds is 1. The summed E-state index contributed by atoms with van der Waals surface area (Å²) in [4.78, 5) is 2.61. The highest BCUT2D eigenvalue weighted by Gasteiger charge is 1.87. The third-order valence-electron chi connectivity index (χ3n) is 1.31. The first-order valence-corrected chi connectivity index (χ1v) is 4.05. The van der Waals surface area contributed by atoms with Gasteiger partial charge in [0.15, 0.2) is 0 Å². The Kier molecular flexibility index (Phi) is 3.36. The summed E-state index contributed by atoms with van der Waals surface area (Å²) in [7, 11) is 0. The first-order valence-electron chi connectivity index (χ1n) is 3.26. The quantitative estimate of drug-likeness (QED) is 0.337. The minimum absolute atomic E-state index is 0.845. The van der Waals surface area contributed by atoms with Crippen LogP contribution >= 0.6 is 15.9 Å². The molecule has 1 N–H and O–H groups in total. The molecule has 0 aromatic heterocycles. The van der Waals surface area contributed by atoms with Gasteiger partial charge < -0.3 is 5.21 Å². The maximum absolute atomic E-state index is 8.23. The second-order valence-corrected chi connectivity index (χ2v) is 2.48. The fraction of sp³-hybridized carbons (Fsp3) is 0. The van der Waals surface area contributed by atoms with Crippen molar-refractivity contribution in [3.05, 3.63) is 35.4 Å². The molecule has 12 heavy (non-hydrogen) atoms. The fourth-order valence-electron chi connectivity index (χ4n) is 0.774. The van der Waals surface area contributed by atoms with Crippen molar-refractivity contribution in [2.75, 3.05) is 0 Å². The van der Waals surface area contributed by atoms with Gasteiger partial charge in [0.25, 0.3) is 0 Å². The van der Waals surface area contributed by atoms with Crippen LogP contribution in [0.2, 0.25) is 0 Å². The Morgan fingerprint density at radius 2 is 2.00 bits per heavy atom. The second-order valence-electron chi connectivity index (χ2n) is 2.09. The van der Waals surface area contributed by atoms with E-state index in [1.165, 1.54) is 6.21 Å². The van der Waals surface area contributed by atoms with Crippen molar-refractivity contribution in [1.82, 2.24) is 0 Å². The molecule has 0 aliphatic rings. The SMILES string of the molecule is O/N=C/c1ccc(C#CBr)cc1. The molecule has 1 aromatic carbocycles. The van der Waals surface area contributed by atoms with E-state index in [9.17, 15) is 0 Å². The van der Waals surface area contributed by atoms with Gasteiger partial charge in [-0.2, -0.15) is 0 Å². The summed E-state index contributed by atoms with van der Waals surface area (Å²) in [6.07, 6.45) is 1.37. The molecule has 60 valence electrons. The summed E-state index contributed by atoms with van der Waals surface area (Å²) in [5, 5.41) is 11.1. The van der Waals surface area contributed by atoms with Crippen molar-refractivity contribution >= 4 is 22.1 Å². The lowest BCUT2D eigenvalue weighted by molar-refractivity contribution is 0.322. The number of oxime groups is 1. The third kappa shape index (κ3) is 2.40. The van der Waals surface area contributed by atoms with Gasteiger partial charge in [-0.1, -0.05) is 23.2 Å². The molecule has 0 spiro atoms. The lowest BCUT2D eigenvalue weighted by Gasteiger charge is -1.91. The molecule has 0 heterocycles. The van der Waals surface area contributed by atoms with Gasteiger partial charge in [-0.25, -0.2) is 0 Å². The highest BCUT2D eigenvalue weighted by atomic mass is 79.9. The molecule has 0 amide bonds. The topological polar surface area (TPSA) is 32.6 Å². The maximum Gasteiger partial charge on any atom is 0.0733 e. The highest BCUT2D eigenvalue weighted by molar-refractivity contribution is 9.12. The molecular formula is C9H6BrNO. The maximum atomic E-state index is 8.23. The number of halogens is 1. The number of benzene rings is 1. The van der Waals surface area contributed by atoms with Crippen LogP contribution in [0.5, 0.6) is 0 Å². The summed E-state index contributed by atoms with van der Waals surface area (Å²) in [5.74, 6) is 2.84. The van der Waals surface area contributed by atoms with Gasteiger partial charge in [-0.15, -0.1) is 0 Å². The Bertz CT molecular complexity index is 332. The lowest BCUT2D eigenvalue weighted by Crippen LogP contribution is -1.80. The molecule has 0 radical (unpaired) electrons. The van der Waals surface area contributed by atoms with Gasteiger partial charge in [0, 0.05) is 21.5 Å². The molecule has 0 bridgehead atoms. The van der Waals surface area contributed by atoms with Crippen LogP contribution in [0.4, 0.5) is 0 Å². The summed E-state index contributed by atoms with van der Waals surface area (Å²) < 4.78 is 0. The van der Waals surface area contributed by atoms with Crippen LogP contribution in [0.25, 0.3) is 0 Å². The molecule has 0 unspecified atom stereocenters. The van der Waals surface area contributed by atoms with E-state index in [1.807, 2.05) is 24.3 Å². The number of hydrogen-bond donors (Lipinski definition) is 1. The van der Waals surface area contributed by atoms with E-state index in [0.29, 0.717) is 0 Å². The van der Waals surface area contributed by atoms with Crippen LogP contribution in [0.1, 0.15) is 11.1 Å². The van der Waals surface area contributed by atoms with Gasteiger partial charge >= 0.3 is 0 Å². The largest absolute Gasteiger partial charge is 0.411 e. The summed E-state index contributed by atoms with van der Waals surface area (Å²) in [6.45, 7) is 0. The van der Waals surface area contributed by atoms with Crippen molar-refractivity contribution in [3.63, 3.8) is 0 Å². The van der Waals surface area contributed by atoms with Crippen LogP contribution in [0.3, 0.4) is 0 Å². The summed E-state index contributed by atoms with van der Waals surface area (Å²) in [5.41, 5.74) is 1.76. The van der Waals surface area contributed by atoms with Crippen molar-refractivity contribution in [2.24, 2.45) is 5.16 Å². The average molecular weight is 224 g/mol. The zero-order valence-corrected chi connectivity index (χ0v) is 7.75. The van der Waals surface area contributed by atoms with E-state index < -0.39 is 0 Å². The van der Waals surface area contributed by atoms with Crippen molar-refractivity contribution in [1.29, 1.82) is 0 Å². The Balaban J connectivity index is 2.90. The molecule has 0 aliphatic carbocycles. The first kappa shape index (κ1) is 8.82. The van der Waals surface area contributed by atoms with E-state index in [1.54, 1.807) is 0 Å². The van der Waals surface area contributed by atoms with Crippen LogP contribution in [0.15, 0.2) is 29.4 Å². The Morgan fingerprint density at radius 1 is 1.33 bits per heavy atom. The second kappa shape index (κ2) is 4.58. The normalized spacial score (nSPS) is 9.42. The minimum atomic E-state index is 0.845. The first-order chi connectivity index (χ1) is 5.86. The van der Waals surface area contributed by atoms with E-state index >= 15 is 0 Å². The van der Waals surface area contributed by atoms with Gasteiger partial charge in [0.05, 0.1) is 6.21 Å². The Labute approximate surface area is 79.0 Å². The van der Waals surface area contributed by atoms with Gasteiger partial charge in [0.2, 0.25) is 0 Å². The van der Waals surface area contributed by atoms with Crippen LogP contribution < -0.4 is 0 Å². The van der Waals surface area contributed by atoms with Gasteiger partial charge in [-0.3, -0.25) is 0 Å². The van der Waals surface area contributed by atoms with E-state index in [0.717, 1.165) is 11.1 Å². The molecule has 3 heteroatoms. The average Bonchev–Trinajstić information content (AvgIpc) is 2.09. The molecule has 0 saturated carbocycles. The zero-order valence-electron chi connectivity index (χ0n) is 6.16. The molecule has 0 fully saturated rings. The van der Waals surface area contributed by atoms with Crippen LogP contribution in [-0.2, 0) is 0 Å². The number of nitrogens with zero attached hydrogens (tertiary/aromatic N) is 1. The van der Waals surface area contributed by atoms with E-state index in [-0.39, 0.29) is 0 Å². The smallest absolute Gasteiger partial charge is 0.0733 e. The molecule has 0 aliphatic heterocycles. The standard InChI is InChI=1S/C9H6BrNO/c10-6-5-8-1-3-9(4-2-8)7-11-12/h1-4,7,12H/b11-7+. The van der Waals surface area contributed by atoms with Crippen molar-refractivity contribution in [3.8, 4) is 10.8 Å². The van der Waals surface area contributed by atoms with Crippen LogP contribution in [0, 0.1) is 10.8 Å². The van der Waals surface area contributed by atoms with E-state index in [4.69, 9.17) is 5.21 Å². The number of hydrogen-bond acceptors (Lipinski definition) is 2. The van der Waals surface area contributed by atoms with Gasteiger partial charge in [0.1, 0.15) is 0 Å². The highest BCUT2D eigenvalue weighted by Crippen LogP contribution is 2.00. The predicted octanol–water partition coefficient (Wildman–Crippen LogP) is 2.20. The molecule has 1 aromatic rings. The lowest BCUT2D eigenvalue weighted by atomic mass is 10.2. The molecule has 0 atom stereocenters. The summed E-state index contributed by atoms with van der Waals surface area (Å²) >= 11 is 3.01. The van der Waals surface area contributed by atoms with Gasteiger partial charge in [-0.05, 0) is 22.5 Å². The molecule has 0 saturated heterocycles. The molecule has 2 nitrogen and oxygen atoms in total. The predicted molar refractivity (Wildman–Crippen MR) is 51.6 cm³/mol. The van der Waals surface area contributed by atoms with Crippen molar-refractivity contribution in [2.45, 2.75) is 0 Å². The van der Waals surface area contributed by atoms with E-state index in [2.05, 4.69) is 31.8 Å². The fourth-order valence-corrected chi connectivity index (χ4v) is 1.00. The minimum Gasteiger partial charge on any atom is -0.411 e. The molecular weight excluding hydrogens is 218 g/mol. The van der Waals surface area contributed by atoms with Crippen molar-refractivity contribution < 1.29 is 5.21 Å². The zero-order chi connectivity index (χ0) is 8.81. The monoisotopic (exact) mass is 223 g/mol. The third-order valence-corrected chi connectivity index (χ3v) is 1.51. The molecule has 1 rings (SSSR count).